The van der Waals surface area contributed by atoms with Gasteiger partial charge in [-0.25, -0.2) is 0 Å². The van der Waals surface area contributed by atoms with Gasteiger partial charge in [0.2, 0.25) is 0 Å². The van der Waals surface area contributed by atoms with Gasteiger partial charge in [0.1, 0.15) is 0 Å². The predicted octanol–water partition coefficient (Wildman–Crippen LogP) is 4.06. The van der Waals surface area contributed by atoms with Crippen LogP contribution in [0.15, 0.2) is 6.07 Å². The van der Waals surface area contributed by atoms with Crippen LogP contribution in [0.4, 0.5) is 0 Å². The minimum absolute atomic E-state index is 0.530. The number of hydrogen-bond donors (Lipinski definition) is 1. The Morgan fingerprint density at radius 1 is 1.33 bits per heavy atom. The number of nitrogens with one attached hydrogen (secondary N) is 1. The first kappa shape index (κ1) is 12.7. The molecule has 0 bridgehead atoms. The summed E-state index contributed by atoms with van der Waals surface area (Å²) < 4.78 is 0. The summed E-state index contributed by atoms with van der Waals surface area (Å²) in [6, 6.07) is 2.87. The summed E-state index contributed by atoms with van der Waals surface area (Å²) in [5, 5.41) is 3.64. The molecule has 0 aliphatic rings. The van der Waals surface area contributed by atoms with Crippen LogP contribution in [0.1, 0.15) is 48.6 Å². The topological polar surface area (TPSA) is 12.0 Å². The molecule has 1 aromatic rings. The molecule has 15 heavy (non-hydrogen) atoms. The van der Waals surface area contributed by atoms with Crippen LogP contribution in [-0.4, -0.2) is 6.54 Å². The van der Waals surface area contributed by atoms with Gasteiger partial charge in [-0.15, -0.1) is 11.3 Å². The van der Waals surface area contributed by atoms with Crippen molar-refractivity contribution in [2.24, 2.45) is 5.92 Å². The van der Waals surface area contributed by atoms with Gasteiger partial charge in [-0.1, -0.05) is 20.8 Å². The van der Waals surface area contributed by atoms with Crippen molar-refractivity contribution in [2.75, 3.05) is 6.54 Å². The Bertz CT molecular complexity index is 282. The fraction of sp³-hybridized carbons (Fsp3) is 0.692. The third kappa shape index (κ3) is 3.32. The molecule has 0 saturated heterocycles. The normalized spacial score (nSPS) is 13.5. The third-order valence-corrected chi connectivity index (χ3v) is 4.01. The second kappa shape index (κ2) is 5.66. The van der Waals surface area contributed by atoms with Crippen LogP contribution in [0.2, 0.25) is 0 Å². The lowest BCUT2D eigenvalue weighted by molar-refractivity contribution is 0.418. The third-order valence-electron chi connectivity index (χ3n) is 2.77. The minimum Gasteiger partial charge on any atom is -0.309 e. The molecule has 86 valence electrons. The first-order chi connectivity index (χ1) is 7.06. The standard InChI is InChI=1S/C13H23NS/c1-6-7-14-13(9(2)3)12-8-10(4)11(5)15-12/h8-9,13-14H,6-7H2,1-5H3. The summed E-state index contributed by atoms with van der Waals surface area (Å²) in [6.07, 6.45) is 1.20. The number of thiophene rings is 1. The molecular formula is C13H23NS. The van der Waals surface area contributed by atoms with E-state index in [4.69, 9.17) is 0 Å². The van der Waals surface area contributed by atoms with Crippen molar-refractivity contribution in [2.45, 2.75) is 47.1 Å². The molecule has 1 N–H and O–H groups in total. The van der Waals surface area contributed by atoms with Crippen molar-refractivity contribution < 1.29 is 0 Å². The molecule has 0 aliphatic heterocycles. The number of rotatable bonds is 5. The van der Waals surface area contributed by atoms with Crippen LogP contribution in [0.3, 0.4) is 0 Å². The van der Waals surface area contributed by atoms with Gasteiger partial charge >= 0.3 is 0 Å². The molecule has 1 nitrogen and oxygen atoms in total. The summed E-state index contributed by atoms with van der Waals surface area (Å²) >= 11 is 1.94. The van der Waals surface area contributed by atoms with Crippen molar-refractivity contribution in [3.63, 3.8) is 0 Å². The summed E-state index contributed by atoms with van der Waals surface area (Å²) in [5.74, 6) is 0.661. The van der Waals surface area contributed by atoms with Crippen LogP contribution < -0.4 is 5.32 Å². The Hall–Kier alpha value is -0.340. The summed E-state index contributed by atoms with van der Waals surface area (Å²) in [7, 11) is 0. The average Bonchev–Trinajstić information content (AvgIpc) is 2.47. The van der Waals surface area contributed by atoms with Gasteiger partial charge < -0.3 is 5.32 Å². The first-order valence-corrected chi connectivity index (χ1v) is 6.68. The Balaban J connectivity index is 2.79. The van der Waals surface area contributed by atoms with Crippen LogP contribution in [0.25, 0.3) is 0 Å². The van der Waals surface area contributed by atoms with Gasteiger partial charge in [0.05, 0.1) is 0 Å². The summed E-state index contributed by atoms with van der Waals surface area (Å²) in [4.78, 5) is 2.95. The fourth-order valence-corrected chi connectivity index (χ4v) is 3.01. The molecule has 1 heterocycles. The van der Waals surface area contributed by atoms with Crippen LogP contribution in [0, 0.1) is 19.8 Å². The van der Waals surface area contributed by atoms with E-state index in [2.05, 4.69) is 46.0 Å². The zero-order valence-electron chi connectivity index (χ0n) is 10.6. The molecule has 0 spiro atoms. The first-order valence-electron chi connectivity index (χ1n) is 5.86. The van der Waals surface area contributed by atoms with E-state index < -0.39 is 0 Å². The summed E-state index contributed by atoms with van der Waals surface area (Å²) in [5.41, 5.74) is 1.43. The highest BCUT2D eigenvalue weighted by molar-refractivity contribution is 7.12. The van der Waals surface area contributed by atoms with E-state index in [-0.39, 0.29) is 0 Å². The molecule has 1 unspecified atom stereocenters. The van der Waals surface area contributed by atoms with E-state index in [0.717, 1.165) is 6.54 Å². The van der Waals surface area contributed by atoms with Gasteiger partial charge in [-0.2, -0.15) is 0 Å². The second-order valence-corrected chi connectivity index (χ2v) is 5.85. The fourth-order valence-electron chi connectivity index (χ4n) is 1.72. The molecule has 0 saturated carbocycles. The SMILES string of the molecule is CCCNC(c1cc(C)c(C)s1)C(C)C. The maximum Gasteiger partial charge on any atom is 0.0438 e. The molecule has 0 aliphatic carbocycles. The van der Waals surface area contributed by atoms with Gasteiger partial charge in [0.15, 0.2) is 0 Å². The van der Waals surface area contributed by atoms with Crippen molar-refractivity contribution in [3.05, 3.63) is 21.4 Å². The molecule has 0 fully saturated rings. The lowest BCUT2D eigenvalue weighted by atomic mass is 10.0. The molecule has 2 heteroatoms. The molecule has 1 atom stereocenters. The maximum atomic E-state index is 3.64. The van der Waals surface area contributed by atoms with Crippen molar-refractivity contribution in [3.8, 4) is 0 Å². The Morgan fingerprint density at radius 2 is 2.00 bits per heavy atom. The van der Waals surface area contributed by atoms with Gasteiger partial charge in [0, 0.05) is 15.8 Å². The molecule has 1 rings (SSSR count). The number of hydrogen-bond acceptors (Lipinski definition) is 2. The lowest BCUT2D eigenvalue weighted by Crippen LogP contribution is -2.25. The maximum absolute atomic E-state index is 3.64. The Labute approximate surface area is 97.9 Å². The number of aryl methyl sites for hydroxylation is 2. The monoisotopic (exact) mass is 225 g/mol. The molecule has 0 amide bonds. The molecule has 0 aromatic carbocycles. The second-order valence-electron chi connectivity index (χ2n) is 4.56. The molecule has 1 aromatic heterocycles. The van der Waals surface area contributed by atoms with Crippen LogP contribution >= 0.6 is 11.3 Å². The zero-order chi connectivity index (χ0) is 11.4. The highest BCUT2D eigenvalue weighted by Crippen LogP contribution is 2.30. The Morgan fingerprint density at radius 3 is 2.40 bits per heavy atom. The van der Waals surface area contributed by atoms with E-state index in [1.807, 2.05) is 11.3 Å². The molecule has 0 radical (unpaired) electrons. The van der Waals surface area contributed by atoms with E-state index in [1.165, 1.54) is 21.7 Å². The van der Waals surface area contributed by atoms with Crippen molar-refractivity contribution in [1.29, 1.82) is 0 Å². The smallest absolute Gasteiger partial charge is 0.0438 e. The largest absolute Gasteiger partial charge is 0.309 e. The zero-order valence-corrected chi connectivity index (χ0v) is 11.4. The average molecular weight is 225 g/mol. The van der Waals surface area contributed by atoms with E-state index >= 15 is 0 Å². The highest BCUT2D eigenvalue weighted by atomic mass is 32.1. The summed E-state index contributed by atoms with van der Waals surface area (Å²) in [6.45, 7) is 12.3. The predicted molar refractivity (Wildman–Crippen MR) is 69.7 cm³/mol. The lowest BCUT2D eigenvalue weighted by Gasteiger charge is -2.20. The van der Waals surface area contributed by atoms with E-state index in [9.17, 15) is 0 Å². The quantitative estimate of drug-likeness (QED) is 0.797. The van der Waals surface area contributed by atoms with Crippen molar-refractivity contribution in [1.82, 2.24) is 5.32 Å². The van der Waals surface area contributed by atoms with Gasteiger partial charge in [-0.3, -0.25) is 0 Å². The van der Waals surface area contributed by atoms with Crippen LogP contribution in [0.5, 0.6) is 0 Å². The van der Waals surface area contributed by atoms with Gasteiger partial charge in [-0.05, 0) is 44.4 Å². The molecular weight excluding hydrogens is 202 g/mol. The Kier molecular flexibility index (Phi) is 4.81. The highest BCUT2D eigenvalue weighted by Gasteiger charge is 2.17. The van der Waals surface area contributed by atoms with Crippen LogP contribution in [-0.2, 0) is 0 Å². The van der Waals surface area contributed by atoms with E-state index in [1.54, 1.807) is 0 Å². The minimum atomic E-state index is 0.530. The van der Waals surface area contributed by atoms with Crippen molar-refractivity contribution >= 4 is 11.3 Å². The van der Waals surface area contributed by atoms with Gasteiger partial charge in [0.25, 0.3) is 0 Å². The van der Waals surface area contributed by atoms with E-state index in [0.29, 0.717) is 12.0 Å².